The molecule has 0 aliphatic heterocycles. The molecule has 0 fully saturated rings. The molecular weight excluding hydrogens is 316 g/mol. The third-order valence-corrected chi connectivity index (χ3v) is 5.00. The van der Waals surface area contributed by atoms with E-state index in [0.29, 0.717) is 12.1 Å². The first-order valence-corrected chi connectivity index (χ1v) is 8.69. The molecule has 114 valence electrons. The van der Waals surface area contributed by atoms with Crippen molar-refractivity contribution in [1.82, 2.24) is 20.5 Å². The number of nitrogens with zero attached hydrogens (tertiary/aromatic N) is 2. The van der Waals surface area contributed by atoms with E-state index >= 15 is 0 Å². The Morgan fingerprint density at radius 1 is 1.45 bits per heavy atom. The fraction of sp³-hybridized carbons (Fsp3) is 0.267. The van der Waals surface area contributed by atoms with Crippen LogP contribution >= 0.6 is 22.7 Å². The Kier molecular flexibility index (Phi) is 4.35. The van der Waals surface area contributed by atoms with Crippen molar-refractivity contribution in [3.8, 4) is 9.88 Å². The predicted molar refractivity (Wildman–Crippen MR) is 89.4 cm³/mol. The highest BCUT2D eigenvalue weighted by Crippen LogP contribution is 2.27. The molecule has 0 radical (unpaired) electrons. The molecule has 0 spiro atoms. The van der Waals surface area contributed by atoms with Gasteiger partial charge in [0.1, 0.15) is 10.7 Å². The average molecular weight is 332 g/mol. The zero-order valence-electron chi connectivity index (χ0n) is 12.3. The van der Waals surface area contributed by atoms with Crippen molar-refractivity contribution in [2.24, 2.45) is 0 Å². The molecule has 3 aromatic heterocycles. The van der Waals surface area contributed by atoms with Crippen LogP contribution in [0.2, 0.25) is 0 Å². The highest BCUT2D eigenvalue weighted by Gasteiger charge is 2.15. The first-order valence-electron chi connectivity index (χ1n) is 6.93. The summed E-state index contributed by atoms with van der Waals surface area (Å²) in [5.41, 5.74) is 2.44. The summed E-state index contributed by atoms with van der Waals surface area (Å²) in [6, 6.07) is 5.98. The van der Waals surface area contributed by atoms with Gasteiger partial charge >= 0.3 is 0 Å². The normalized spacial score (nSPS) is 12.3. The average Bonchev–Trinajstić information content (AvgIpc) is 3.18. The molecule has 0 bridgehead atoms. The van der Waals surface area contributed by atoms with Crippen molar-refractivity contribution in [3.63, 3.8) is 0 Å². The number of hydrogen-bond acceptors (Lipinski definition) is 5. The fourth-order valence-corrected chi connectivity index (χ4v) is 3.75. The van der Waals surface area contributed by atoms with Crippen LogP contribution in [-0.4, -0.2) is 27.1 Å². The van der Waals surface area contributed by atoms with Gasteiger partial charge in [-0.2, -0.15) is 5.10 Å². The van der Waals surface area contributed by atoms with Crippen molar-refractivity contribution in [3.05, 3.63) is 46.0 Å². The number of aromatic nitrogens is 3. The van der Waals surface area contributed by atoms with E-state index in [1.807, 2.05) is 37.4 Å². The molecular formula is C15H16N4OS2. The lowest BCUT2D eigenvalue weighted by atomic mass is 10.1. The molecule has 3 heterocycles. The Morgan fingerprint density at radius 2 is 2.32 bits per heavy atom. The van der Waals surface area contributed by atoms with Crippen LogP contribution < -0.4 is 5.32 Å². The molecule has 0 saturated heterocycles. The molecule has 1 atom stereocenters. The van der Waals surface area contributed by atoms with Gasteiger partial charge in [-0.15, -0.1) is 22.7 Å². The highest BCUT2D eigenvalue weighted by molar-refractivity contribution is 7.20. The zero-order chi connectivity index (χ0) is 15.5. The third kappa shape index (κ3) is 3.42. The Labute approximate surface area is 136 Å². The second-order valence-electron chi connectivity index (χ2n) is 5.14. The van der Waals surface area contributed by atoms with E-state index in [0.717, 1.165) is 21.3 Å². The Balaban J connectivity index is 1.62. The van der Waals surface area contributed by atoms with Crippen molar-refractivity contribution >= 4 is 28.6 Å². The van der Waals surface area contributed by atoms with Crippen LogP contribution in [0.25, 0.3) is 9.88 Å². The molecule has 5 nitrogen and oxygen atoms in total. The smallest absolute Gasteiger partial charge is 0.270 e. The van der Waals surface area contributed by atoms with Crippen LogP contribution in [0.4, 0.5) is 0 Å². The molecule has 0 aliphatic carbocycles. The van der Waals surface area contributed by atoms with Crippen molar-refractivity contribution in [2.75, 3.05) is 0 Å². The van der Waals surface area contributed by atoms with Crippen LogP contribution in [0.1, 0.15) is 28.8 Å². The van der Waals surface area contributed by atoms with Gasteiger partial charge in [-0.1, -0.05) is 6.07 Å². The van der Waals surface area contributed by atoms with Crippen molar-refractivity contribution in [2.45, 2.75) is 26.3 Å². The maximum absolute atomic E-state index is 12.2. The topological polar surface area (TPSA) is 70.7 Å². The summed E-state index contributed by atoms with van der Waals surface area (Å²) in [6.45, 7) is 3.93. The molecule has 3 aromatic rings. The number of aryl methyl sites for hydroxylation is 1. The Bertz CT molecular complexity index is 760. The second-order valence-corrected chi connectivity index (χ2v) is 6.94. The molecule has 0 aliphatic rings. The number of amides is 1. The molecule has 0 unspecified atom stereocenters. The van der Waals surface area contributed by atoms with Gasteiger partial charge in [-0.25, -0.2) is 4.98 Å². The van der Waals surface area contributed by atoms with Gasteiger partial charge in [0.05, 0.1) is 10.6 Å². The lowest BCUT2D eigenvalue weighted by Gasteiger charge is -2.11. The number of aromatic amines is 1. The molecule has 2 N–H and O–H groups in total. The maximum atomic E-state index is 12.2. The van der Waals surface area contributed by atoms with Gasteiger partial charge in [-0.05, 0) is 31.4 Å². The predicted octanol–water partition coefficient (Wildman–Crippen LogP) is 3.26. The number of thiazole rings is 1. The largest absolute Gasteiger partial charge is 0.348 e. The van der Waals surface area contributed by atoms with Gasteiger partial charge in [0.15, 0.2) is 0 Å². The number of rotatable bonds is 5. The van der Waals surface area contributed by atoms with E-state index in [2.05, 4.69) is 20.5 Å². The first kappa shape index (κ1) is 14.9. The van der Waals surface area contributed by atoms with Crippen LogP contribution in [0.3, 0.4) is 0 Å². The molecule has 1 amide bonds. The summed E-state index contributed by atoms with van der Waals surface area (Å²) in [5, 5.41) is 14.7. The molecule has 22 heavy (non-hydrogen) atoms. The number of H-pyrrole nitrogens is 1. The van der Waals surface area contributed by atoms with Crippen molar-refractivity contribution < 1.29 is 4.79 Å². The number of carbonyl (C=O) groups is 1. The fourth-order valence-electron chi connectivity index (χ4n) is 2.13. The molecule has 7 heteroatoms. The Morgan fingerprint density at radius 3 is 3.00 bits per heavy atom. The van der Waals surface area contributed by atoms with Crippen LogP contribution in [0.5, 0.6) is 0 Å². The number of carbonyl (C=O) groups excluding carboxylic acids is 1. The number of thiophene rings is 1. The molecule has 0 aromatic carbocycles. The summed E-state index contributed by atoms with van der Waals surface area (Å²) in [4.78, 5) is 17.7. The Hall–Kier alpha value is -1.99. The minimum absolute atomic E-state index is 0.00193. The minimum Gasteiger partial charge on any atom is -0.348 e. The summed E-state index contributed by atoms with van der Waals surface area (Å²) in [7, 11) is 0. The number of nitrogens with one attached hydrogen (secondary N) is 2. The van der Waals surface area contributed by atoms with E-state index in [-0.39, 0.29) is 11.9 Å². The lowest BCUT2D eigenvalue weighted by Crippen LogP contribution is -2.34. The van der Waals surface area contributed by atoms with Gasteiger partial charge in [-0.3, -0.25) is 9.89 Å². The third-order valence-electron chi connectivity index (χ3n) is 3.12. The monoisotopic (exact) mass is 332 g/mol. The van der Waals surface area contributed by atoms with Gasteiger partial charge < -0.3 is 5.32 Å². The molecule has 0 saturated carbocycles. The standard InChI is InChI=1S/C15H16N4OS2/c1-9(6-11-7-10(2)18-19-11)16-14(20)12-8-22-15(17-12)13-4-3-5-21-13/h3-5,7-9H,6H2,1-2H3,(H,16,20)(H,18,19)/t9-/m1/s1. The highest BCUT2D eigenvalue weighted by atomic mass is 32.1. The summed E-state index contributed by atoms with van der Waals surface area (Å²) in [5.74, 6) is -0.140. The SMILES string of the molecule is Cc1cc(C[C@@H](C)NC(=O)c2csc(-c3cccs3)n2)n[nH]1. The van der Waals surface area contributed by atoms with E-state index < -0.39 is 0 Å². The van der Waals surface area contributed by atoms with Crippen LogP contribution in [0.15, 0.2) is 29.0 Å². The quantitative estimate of drug-likeness (QED) is 0.753. The van der Waals surface area contributed by atoms with E-state index in [1.165, 1.54) is 11.3 Å². The van der Waals surface area contributed by atoms with Crippen LogP contribution in [0, 0.1) is 6.92 Å². The summed E-state index contributed by atoms with van der Waals surface area (Å²) < 4.78 is 0. The van der Waals surface area contributed by atoms with Gasteiger partial charge in [0, 0.05) is 23.5 Å². The first-order chi connectivity index (χ1) is 10.6. The van der Waals surface area contributed by atoms with E-state index in [4.69, 9.17) is 0 Å². The second kappa shape index (κ2) is 6.41. The van der Waals surface area contributed by atoms with Crippen molar-refractivity contribution in [1.29, 1.82) is 0 Å². The minimum atomic E-state index is -0.140. The van der Waals surface area contributed by atoms with Gasteiger partial charge in [0.25, 0.3) is 5.91 Å². The van der Waals surface area contributed by atoms with E-state index in [9.17, 15) is 4.79 Å². The van der Waals surface area contributed by atoms with Gasteiger partial charge in [0.2, 0.25) is 0 Å². The summed E-state index contributed by atoms with van der Waals surface area (Å²) in [6.07, 6.45) is 0.692. The molecule has 3 rings (SSSR count). The summed E-state index contributed by atoms with van der Waals surface area (Å²) >= 11 is 3.11. The van der Waals surface area contributed by atoms with E-state index in [1.54, 1.807) is 16.7 Å². The zero-order valence-corrected chi connectivity index (χ0v) is 13.9. The maximum Gasteiger partial charge on any atom is 0.270 e. The lowest BCUT2D eigenvalue weighted by molar-refractivity contribution is 0.0935. The number of hydrogen-bond donors (Lipinski definition) is 2. The van der Waals surface area contributed by atoms with Crippen LogP contribution in [-0.2, 0) is 6.42 Å².